The maximum absolute atomic E-state index is 12.8. The van der Waals surface area contributed by atoms with E-state index in [1.54, 1.807) is 29.5 Å². The number of aromatic nitrogens is 1. The van der Waals surface area contributed by atoms with Crippen molar-refractivity contribution in [1.82, 2.24) is 14.8 Å². The number of rotatable bonds is 3. The van der Waals surface area contributed by atoms with Crippen LogP contribution in [-0.4, -0.2) is 47.2 Å². The number of hydrogen-bond donors (Lipinski definition) is 1. The molecule has 0 spiro atoms. The van der Waals surface area contributed by atoms with Gasteiger partial charge in [-0.15, -0.1) is 11.3 Å². The summed E-state index contributed by atoms with van der Waals surface area (Å²) in [6, 6.07) is 9.41. The van der Waals surface area contributed by atoms with Gasteiger partial charge in [-0.05, 0) is 31.9 Å². The Morgan fingerprint density at radius 2 is 1.93 bits per heavy atom. The fraction of sp³-hybridized carbons (Fsp3) is 0.381. The third-order valence-electron chi connectivity index (χ3n) is 5.36. The van der Waals surface area contributed by atoms with Crippen LogP contribution in [0.1, 0.15) is 29.4 Å². The Labute approximate surface area is 171 Å². The van der Waals surface area contributed by atoms with E-state index in [0.29, 0.717) is 42.8 Å². The van der Waals surface area contributed by atoms with Crippen molar-refractivity contribution < 1.29 is 14.3 Å². The fourth-order valence-corrected chi connectivity index (χ4v) is 4.87. The molecule has 8 heteroatoms. The van der Waals surface area contributed by atoms with Crippen LogP contribution in [0, 0.1) is 0 Å². The SMILES string of the molecule is CCOC(=O)N1CCC(NC(=O)c2cc3c(=O)n(C)c4ccccc4c3s2)CC1. The number of pyridine rings is 1. The Hall–Kier alpha value is -2.87. The molecule has 0 aliphatic carbocycles. The number of hydrogen-bond acceptors (Lipinski definition) is 5. The van der Waals surface area contributed by atoms with Crippen molar-refractivity contribution in [1.29, 1.82) is 0 Å². The highest BCUT2D eigenvalue weighted by Gasteiger charge is 2.25. The summed E-state index contributed by atoms with van der Waals surface area (Å²) in [7, 11) is 1.75. The largest absolute Gasteiger partial charge is 0.450 e. The van der Waals surface area contributed by atoms with Gasteiger partial charge in [-0.2, -0.15) is 0 Å². The van der Waals surface area contributed by atoms with Crippen molar-refractivity contribution in [2.75, 3.05) is 19.7 Å². The van der Waals surface area contributed by atoms with Gasteiger partial charge >= 0.3 is 6.09 Å². The summed E-state index contributed by atoms with van der Waals surface area (Å²) in [4.78, 5) is 39.5. The molecule has 3 aromatic rings. The van der Waals surface area contributed by atoms with Gasteiger partial charge in [-0.3, -0.25) is 9.59 Å². The first-order valence-electron chi connectivity index (χ1n) is 9.73. The number of para-hydroxylation sites is 1. The van der Waals surface area contributed by atoms with Crippen LogP contribution in [0.3, 0.4) is 0 Å². The van der Waals surface area contributed by atoms with E-state index in [4.69, 9.17) is 4.74 Å². The summed E-state index contributed by atoms with van der Waals surface area (Å²) < 4.78 is 7.49. The van der Waals surface area contributed by atoms with Crippen molar-refractivity contribution in [2.45, 2.75) is 25.8 Å². The second-order valence-electron chi connectivity index (χ2n) is 7.17. The van der Waals surface area contributed by atoms with Crippen molar-refractivity contribution >= 4 is 44.3 Å². The van der Waals surface area contributed by atoms with Crippen LogP contribution in [0.5, 0.6) is 0 Å². The van der Waals surface area contributed by atoms with Crippen LogP contribution in [0.15, 0.2) is 35.1 Å². The molecule has 1 aromatic carbocycles. The molecule has 7 nitrogen and oxygen atoms in total. The molecule has 1 N–H and O–H groups in total. The van der Waals surface area contributed by atoms with Gasteiger partial charge in [0.05, 0.1) is 22.4 Å². The standard InChI is InChI=1S/C21H23N3O4S/c1-3-28-21(27)24-10-8-13(9-11-24)22-19(25)17-12-15-18(29-17)14-6-4-5-7-16(14)23(2)20(15)26/h4-7,12-13H,3,8-11H2,1-2H3,(H,22,25). The topological polar surface area (TPSA) is 80.6 Å². The molecular weight excluding hydrogens is 390 g/mol. The highest BCUT2D eigenvalue weighted by atomic mass is 32.1. The quantitative estimate of drug-likeness (QED) is 0.715. The van der Waals surface area contributed by atoms with Gasteiger partial charge in [0.1, 0.15) is 0 Å². The number of piperidine rings is 1. The summed E-state index contributed by atoms with van der Waals surface area (Å²) in [5.74, 6) is -0.174. The third-order valence-corrected chi connectivity index (χ3v) is 6.52. The first kappa shape index (κ1) is 19.4. The Balaban J connectivity index is 1.53. The summed E-state index contributed by atoms with van der Waals surface area (Å²) in [5.41, 5.74) is 0.752. The number of nitrogens with one attached hydrogen (secondary N) is 1. The molecule has 2 amide bonds. The zero-order valence-electron chi connectivity index (χ0n) is 16.4. The Kier molecular flexibility index (Phi) is 5.27. The zero-order valence-corrected chi connectivity index (χ0v) is 17.3. The van der Waals surface area contributed by atoms with E-state index in [0.717, 1.165) is 15.6 Å². The van der Waals surface area contributed by atoms with Gasteiger partial charge in [0.25, 0.3) is 11.5 Å². The molecule has 0 atom stereocenters. The van der Waals surface area contributed by atoms with E-state index >= 15 is 0 Å². The van der Waals surface area contributed by atoms with Gasteiger partial charge in [-0.25, -0.2) is 4.79 Å². The number of carbonyl (C=O) groups excluding carboxylic acids is 2. The van der Waals surface area contributed by atoms with Crippen LogP contribution in [0.25, 0.3) is 21.0 Å². The molecule has 0 unspecified atom stereocenters. The molecule has 0 bridgehead atoms. The van der Waals surface area contributed by atoms with Crippen molar-refractivity contribution in [3.8, 4) is 0 Å². The number of benzene rings is 1. The lowest BCUT2D eigenvalue weighted by molar-refractivity contribution is 0.0863. The molecular formula is C21H23N3O4S. The summed E-state index contributed by atoms with van der Waals surface area (Å²) in [6.45, 7) is 3.25. The summed E-state index contributed by atoms with van der Waals surface area (Å²) in [5, 5.41) is 4.59. The van der Waals surface area contributed by atoms with Gasteiger partial charge in [-0.1, -0.05) is 18.2 Å². The van der Waals surface area contributed by atoms with E-state index < -0.39 is 0 Å². The smallest absolute Gasteiger partial charge is 0.409 e. The van der Waals surface area contributed by atoms with Crippen molar-refractivity contribution in [2.24, 2.45) is 7.05 Å². The molecule has 4 rings (SSSR count). The van der Waals surface area contributed by atoms with E-state index in [2.05, 4.69) is 5.32 Å². The van der Waals surface area contributed by atoms with E-state index in [1.165, 1.54) is 11.3 Å². The van der Waals surface area contributed by atoms with Gasteiger partial charge < -0.3 is 19.5 Å². The molecule has 0 radical (unpaired) electrons. The van der Waals surface area contributed by atoms with E-state index in [9.17, 15) is 14.4 Å². The highest BCUT2D eigenvalue weighted by molar-refractivity contribution is 7.21. The molecule has 2 aromatic heterocycles. The summed E-state index contributed by atoms with van der Waals surface area (Å²) in [6.07, 6.45) is 1.06. The number of fused-ring (bicyclic) bond motifs is 3. The molecule has 0 saturated carbocycles. The van der Waals surface area contributed by atoms with Crippen LogP contribution >= 0.6 is 11.3 Å². The molecule has 1 aliphatic rings. The Bertz CT molecular complexity index is 1140. The monoisotopic (exact) mass is 413 g/mol. The molecule has 1 saturated heterocycles. The van der Waals surface area contributed by atoms with Crippen LogP contribution in [0.4, 0.5) is 4.79 Å². The second-order valence-corrected chi connectivity index (χ2v) is 8.22. The molecule has 1 aliphatic heterocycles. The minimum absolute atomic E-state index is 0.00188. The second kappa shape index (κ2) is 7.87. The van der Waals surface area contributed by atoms with Crippen molar-refractivity contribution in [3.63, 3.8) is 0 Å². The van der Waals surface area contributed by atoms with E-state index in [1.807, 2.05) is 24.3 Å². The predicted molar refractivity (Wildman–Crippen MR) is 114 cm³/mol. The van der Waals surface area contributed by atoms with Gasteiger partial charge in [0.15, 0.2) is 0 Å². The minimum atomic E-state index is -0.301. The minimum Gasteiger partial charge on any atom is -0.450 e. The maximum atomic E-state index is 12.8. The lowest BCUT2D eigenvalue weighted by Crippen LogP contribution is -2.46. The zero-order chi connectivity index (χ0) is 20.5. The van der Waals surface area contributed by atoms with Crippen molar-refractivity contribution in [3.05, 3.63) is 45.6 Å². The van der Waals surface area contributed by atoms with Gasteiger partial charge in [0, 0.05) is 36.3 Å². The Morgan fingerprint density at radius 1 is 1.21 bits per heavy atom. The predicted octanol–water partition coefficient (Wildman–Crippen LogP) is 3.10. The van der Waals surface area contributed by atoms with Crippen LogP contribution in [0.2, 0.25) is 0 Å². The average molecular weight is 413 g/mol. The molecule has 29 heavy (non-hydrogen) atoms. The van der Waals surface area contributed by atoms with E-state index in [-0.39, 0.29) is 23.6 Å². The maximum Gasteiger partial charge on any atom is 0.409 e. The number of thiophene rings is 1. The fourth-order valence-electron chi connectivity index (χ4n) is 3.79. The average Bonchev–Trinajstić information content (AvgIpc) is 3.19. The number of ether oxygens (including phenoxy) is 1. The van der Waals surface area contributed by atoms with Gasteiger partial charge in [0.2, 0.25) is 0 Å². The lowest BCUT2D eigenvalue weighted by Gasteiger charge is -2.31. The first-order valence-corrected chi connectivity index (χ1v) is 10.5. The molecule has 3 heterocycles. The normalized spacial score (nSPS) is 15.0. The lowest BCUT2D eigenvalue weighted by atomic mass is 10.1. The van der Waals surface area contributed by atoms with Crippen LogP contribution < -0.4 is 10.9 Å². The third kappa shape index (κ3) is 3.60. The first-order chi connectivity index (χ1) is 14.0. The summed E-state index contributed by atoms with van der Waals surface area (Å²) >= 11 is 1.35. The number of carbonyl (C=O) groups is 2. The number of nitrogens with zero attached hydrogens (tertiary/aromatic N) is 2. The molecule has 152 valence electrons. The van der Waals surface area contributed by atoms with Crippen LogP contribution in [-0.2, 0) is 11.8 Å². The highest BCUT2D eigenvalue weighted by Crippen LogP contribution is 2.30. The molecule has 1 fully saturated rings. The number of amides is 2. The Morgan fingerprint density at radius 3 is 2.66 bits per heavy atom. The number of aryl methyl sites for hydroxylation is 1. The number of likely N-dealkylation sites (tertiary alicyclic amines) is 1.